The molecular weight excluding hydrogens is 462 g/mol. The third kappa shape index (κ3) is 3.82. The number of imide groups is 1. The molecule has 35 heavy (non-hydrogen) atoms. The molecule has 8 nitrogen and oxygen atoms in total. The number of nitrogens with zero attached hydrogens (tertiary/aromatic N) is 5. The molecule has 3 aliphatic rings. The SMILES string of the molecule is COCCN1C(=O)N(C2Cc3ccccc3C2)C(=O)C12CCN(Cc1ccc3nsnc3c1)CC2. The fourth-order valence-corrected chi connectivity index (χ4v) is 6.54. The number of carbonyl (C=O) groups excluding carboxylic acids is 2. The van der Waals surface area contributed by atoms with Crippen molar-refractivity contribution in [2.45, 2.75) is 43.8 Å². The number of methoxy groups -OCH3 is 1. The maximum absolute atomic E-state index is 14.0. The molecule has 0 saturated carbocycles. The Morgan fingerprint density at radius 2 is 1.74 bits per heavy atom. The van der Waals surface area contributed by atoms with Gasteiger partial charge in [-0.15, -0.1) is 0 Å². The van der Waals surface area contributed by atoms with E-state index in [1.807, 2.05) is 23.1 Å². The monoisotopic (exact) mass is 491 g/mol. The van der Waals surface area contributed by atoms with Crippen LogP contribution in [0.1, 0.15) is 29.5 Å². The first-order valence-electron chi connectivity index (χ1n) is 12.2. The number of likely N-dealkylation sites (tertiary alicyclic amines) is 1. The maximum Gasteiger partial charge on any atom is 0.328 e. The highest BCUT2D eigenvalue weighted by Crippen LogP contribution is 2.40. The molecule has 1 spiro atoms. The number of piperidine rings is 1. The fourth-order valence-electron chi connectivity index (χ4n) is 6.02. The zero-order valence-electron chi connectivity index (χ0n) is 19.9. The van der Waals surface area contributed by atoms with Gasteiger partial charge in [-0.05, 0) is 54.5 Å². The Hall–Kier alpha value is -2.88. The summed E-state index contributed by atoms with van der Waals surface area (Å²) in [6, 6.07) is 14.2. The van der Waals surface area contributed by atoms with Crippen molar-refractivity contribution in [3.05, 3.63) is 59.2 Å². The molecular formula is C26H29N5O3S. The Kier molecular flexibility index (Phi) is 5.78. The summed E-state index contributed by atoms with van der Waals surface area (Å²) >= 11 is 1.23. The number of hydrogen-bond acceptors (Lipinski definition) is 7. The van der Waals surface area contributed by atoms with Gasteiger partial charge in [0.25, 0.3) is 5.91 Å². The number of urea groups is 1. The molecule has 3 amide bonds. The van der Waals surface area contributed by atoms with E-state index in [0.29, 0.717) is 26.0 Å². The Morgan fingerprint density at radius 1 is 1.03 bits per heavy atom. The molecule has 3 aromatic rings. The van der Waals surface area contributed by atoms with Gasteiger partial charge in [0.05, 0.1) is 18.3 Å². The number of hydrogen-bond donors (Lipinski definition) is 0. The zero-order chi connectivity index (χ0) is 24.0. The molecule has 1 aromatic heterocycles. The molecule has 9 heteroatoms. The molecule has 0 atom stereocenters. The second-order valence-corrected chi connectivity index (χ2v) is 10.4. The van der Waals surface area contributed by atoms with Crippen molar-refractivity contribution in [2.75, 3.05) is 33.4 Å². The zero-order valence-corrected chi connectivity index (χ0v) is 20.7. The number of aromatic nitrogens is 2. The largest absolute Gasteiger partial charge is 0.383 e. The molecule has 3 heterocycles. The average Bonchev–Trinajstić information content (AvgIpc) is 3.55. The van der Waals surface area contributed by atoms with E-state index in [1.165, 1.54) is 28.4 Å². The van der Waals surface area contributed by atoms with E-state index in [9.17, 15) is 9.59 Å². The predicted octanol–water partition coefficient (Wildman–Crippen LogP) is 3.10. The van der Waals surface area contributed by atoms with Gasteiger partial charge >= 0.3 is 6.03 Å². The van der Waals surface area contributed by atoms with E-state index in [4.69, 9.17) is 4.74 Å². The molecule has 182 valence electrons. The minimum absolute atomic E-state index is 0.0222. The Morgan fingerprint density at radius 3 is 2.46 bits per heavy atom. The lowest BCUT2D eigenvalue weighted by atomic mass is 9.85. The highest BCUT2D eigenvalue weighted by molar-refractivity contribution is 7.00. The standard InChI is InChI=1S/C26H29N5O3S/c1-34-13-12-30-25(33)31(21-15-19-4-2-3-5-20(19)16-21)24(32)26(30)8-10-29(11-9-26)17-18-6-7-22-23(14-18)28-35-27-22/h2-7,14,21H,8-13,15-17H2,1H3. The Bertz CT molecular complexity index is 1240. The van der Waals surface area contributed by atoms with E-state index in [0.717, 1.165) is 43.5 Å². The molecule has 6 rings (SSSR count). The van der Waals surface area contributed by atoms with E-state index >= 15 is 0 Å². The summed E-state index contributed by atoms with van der Waals surface area (Å²) in [6.45, 7) is 3.17. The normalized spacial score (nSPS) is 20.5. The third-order valence-electron chi connectivity index (χ3n) is 7.89. The number of rotatable bonds is 6. The molecule has 2 saturated heterocycles. The molecule has 0 radical (unpaired) electrons. The number of fused-ring (bicyclic) bond motifs is 2. The summed E-state index contributed by atoms with van der Waals surface area (Å²) in [5, 5.41) is 0. The van der Waals surface area contributed by atoms with Crippen LogP contribution in [0, 0.1) is 0 Å². The number of carbonyl (C=O) groups is 2. The molecule has 2 fully saturated rings. The van der Waals surface area contributed by atoms with Crippen molar-refractivity contribution >= 4 is 34.7 Å². The summed E-state index contributed by atoms with van der Waals surface area (Å²) in [5.41, 5.74) is 4.75. The minimum Gasteiger partial charge on any atom is -0.383 e. The molecule has 0 unspecified atom stereocenters. The van der Waals surface area contributed by atoms with Crippen molar-refractivity contribution in [2.24, 2.45) is 0 Å². The Balaban J connectivity index is 1.20. The summed E-state index contributed by atoms with van der Waals surface area (Å²) in [4.78, 5) is 33.4. The van der Waals surface area contributed by atoms with Gasteiger partial charge in [0, 0.05) is 39.3 Å². The average molecular weight is 492 g/mol. The summed E-state index contributed by atoms with van der Waals surface area (Å²) in [5.74, 6) is -0.0222. The third-order valence-corrected chi connectivity index (χ3v) is 8.45. The highest BCUT2D eigenvalue weighted by atomic mass is 32.1. The summed E-state index contributed by atoms with van der Waals surface area (Å²) in [7, 11) is 1.64. The van der Waals surface area contributed by atoms with Gasteiger partial charge in [-0.3, -0.25) is 14.6 Å². The summed E-state index contributed by atoms with van der Waals surface area (Å²) in [6.07, 6.45) is 2.75. The predicted molar refractivity (Wildman–Crippen MR) is 133 cm³/mol. The van der Waals surface area contributed by atoms with Gasteiger partial charge in [0.2, 0.25) is 0 Å². The van der Waals surface area contributed by atoms with E-state index in [-0.39, 0.29) is 18.0 Å². The topological polar surface area (TPSA) is 78.9 Å². The van der Waals surface area contributed by atoms with Gasteiger partial charge in [0.15, 0.2) is 0 Å². The van der Waals surface area contributed by atoms with E-state index in [2.05, 4.69) is 37.9 Å². The second kappa shape index (κ2) is 8.96. The van der Waals surface area contributed by atoms with E-state index in [1.54, 1.807) is 12.0 Å². The van der Waals surface area contributed by atoms with Crippen LogP contribution in [0.25, 0.3) is 11.0 Å². The van der Waals surface area contributed by atoms with Crippen LogP contribution in [0.3, 0.4) is 0 Å². The lowest BCUT2D eigenvalue weighted by molar-refractivity contribution is -0.137. The first-order valence-corrected chi connectivity index (χ1v) is 13.0. The van der Waals surface area contributed by atoms with Crippen LogP contribution < -0.4 is 0 Å². The van der Waals surface area contributed by atoms with Crippen LogP contribution >= 0.6 is 11.7 Å². The van der Waals surface area contributed by atoms with Gasteiger partial charge < -0.3 is 9.64 Å². The van der Waals surface area contributed by atoms with Gasteiger partial charge in [-0.1, -0.05) is 30.3 Å². The summed E-state index contributed by atoms with van der Waals surface area (Å²) < 4.78 is 14.0. The molecule has 0 N–H and O–H groups in total. The quantitative estimate of drug-likeness (QED) is 0.493. The molecule has 2 aromatic carbocycles. The maximum atomic E-state index is 14.0. The molecule has 2 aliphatic heterocycles. The lowest BCUT2D eigenvalue weighted by Crippen LogP contribution is -2.57. The first-order chi connectivity index (χ1) is 17.1. The first kappa shape index (κ1) is 22.6. The van der Waals surface area contributed by atoms with Crippen LogP contribution in [0.5, 0.6) is 0 Å². The van der Waals surface area contributed by atoms with Crippen molar-refractivity contribution in [3.63, 3.8) is 0 Å². The van der Waals surface area contributed by atoms with E-state index < -0.39 is 5.54 Å². The van der Waals surface area contributed by atoms with Gasteiger partial charge in [-0.2, -0.15) is 8.75 Å². The second-order valence-electron chi connectivity index (χ2n) is 9.83. The lowest BCUT2D eigenvalue weighted by Gasteiger charge is -2.42. The van der Waals surface area contributed by atoms with Crippen LogP contribution in [0.2, 0.25) is 0 Å². The number of amides is 3. The molecule has 0 bridgehead atoms. The molecule has 1 aliphatic carbocycles. The number of ether oxygens (including phenoxy) is 1. The number of benzene rings is 2. The van der Waals surface area contributed by atoms with Crippen molar-refractivity contribution in [1.82, 2.24) is 23.4 Å². The van der Waals surface area contributed by atoms with Crippen LogP contribution in [-0.4, -0.2) is 80.3 Å². The highest BCUT2D eigenvalue weighted by Gasteiger charge is 2.59. The van der Waals surface area contributed by atoms with Crippen LogP contribution in [0.4, 0.5) is 4.79 Å². The Labute approximate surface area is 208 Å². The van der Waals surface area contributed by atoms with Crippen molar-refractivity contribution < 1.29 is 14.3 Å². The fraction of sp³-hybridized carbons (Fsp3) is 0.462. The smallest absolute Gasteiger partial charge is 0.328 e. The van der Waals surface area contributed by atoms with Crippen LogP contribution in [0.15, 0.2) is 42.5 Å². The minimum atomic E-state index is -0.774. The van der Waals surface area contributed by atoms with Crippen molar-refractivity contribution in [1.29, 1.82) is 0 Å². The van der Waals surface area contributed by atoms with Gasteiger partial charge in [0.1, 0.15) is 16.6 Å². The van der Waals surface area contributed by atoms with Crippen LogP contribution in [-0.2, 0) is 28.9 Å². The van der Waals surface area contributed by atoms with Gasteiger partial charge in [-0.25, -0.2) is 4.79 Å². The van der Waals surface area contributed by atoms with Crippen molar-refractivity contribution in [3.8, 4) is 0 Å².